The van der Waals surface area contributed by atoms with E-state index < -0.39 is 0 Å². The maximum absolute atomic E-state index is 6.63. The Hall–Kier alpha value is -7.95. The van der Waals surface area contributed by atoms with Crippen molar-refractivity contribution in [2.75, 3.05) is 0 Å². The molecule has 12 rings (SSSR count). The first-order valence-corrected chi connectivity index (χ1v) is 19.9. The molecular weight excluding hydrogens is 719 g/mol. The first-order chi connectivity index (χ1) is 29.2. The number of furan rings is 1. The summed E-state index contributed by atoms with van der Waals surface area (Å²) in [5, 5.41) is 11.3. The standard InChI is InChI=1S/C55H33N3O/c1-2-14-36(15-3-1)48-33-50-49-32-39(26-29-51(49)59-52(50)46-21-11-10-20-45(46)48)42-27-28-47(44-19-9-8-18-43(42)44)55-57-53(40-24-22-34-12-4-6-16-37(34)30-40)56-54(58-55)41-25-23-35-13-5-7-17-38(35)31-41/h1-33H. The Balaban J connectivity index is 1.04. The average Bonchev–Trinajstić information content (AvgIpc) is 3.69. The Morgan fingerprint density at radius 3 is 1.44 bits per heavy atom. The molecular formula is C55H33N3O. The van der Waals surface area contributed by atoms with Gasteiger partial charge in [0.1, 0.15) is 11.2 Å². The van der Waals surface area contributed by atoms with Crippen molar-refractivity contribution in [2.24, 2.45) is 0 Å². The van der Waals surface area contributed by atoms with Gasteiger partial charge < -0.3 is 4.42 Å². The zero-order chi connectivity index (χ0) is 38.9. The van der Waals surface area contributed by atoms with Crippen LogP contribution < -0.4 is 0 Å². The number of fused-ring (bicyclic) bond motifs is 8. The number of hydrogen-bond donors (Lipinski definition) is 0. The molecule has 10 aromatic carbocycles. The van der Waals surface area contributed by atoms with Crippen LogP contribution in [-0.4, -0.2) is 15.0 Å². The van der Waals surface area contributed by atoms with Crippen molar-refractivity contribution in [3.05, 3.63) is 200 Å². The summed E-state index contributed by atoms with van der Waals surface area (Å²) in [4.78, 5) is 15.5. The van der Waals surface area contributed by atoms with E-state index in [2.05, 4.69) is 200 Å². The van der Waals surface area contributed by atoms with Crippen molar-refractivity contribution in [2.45, 2.75) is 0 Å². The van der Waals surface area contributed by atoms with Gasteiger partial charge in [0.05, 0.1) is 0 Å². The zero-order valence-corrected chi connectivity index (χ0v) is 31.8. The molecule has 0 aliphatic carbocycles. The van der Waals surface area contributed by atoms with Gasteiger partial charge in [0.25, 0.3) is 0 Å². The highest BCUT2D eigenvalue weighted by molar-refractivity contribution is 6.20. The number of aromatic nitrogens is 3. The SMILES string of the molecule is c1ccc(-c2cc3c4cc(-c5ccc(-c6nc(-c7ccc8ccccc8c7)nc(-c7ccc8ccccc8c7)n6)c6ccccc56)ccc4oc3c3ccccc23)cc1. The van der Waals surface area contributed by atoms with Crippen molar-refractivity contribution < 1.29 is 4.42 Å². The number of hydrogen-bond acceptors (Lipinski definition) is 4. The summed E-state index contributed by atoms with van der Waals surface area (Å²) in [5.41, 5.74) is 9.23. The molecule has 0 saturated carbocycles. The van der Waals surface area contributed by atoms with Crippen LogP contribution in [0, 0.1) is 0 Å². The predicted molar refractivity (Wildman–Crippen MR) is 244 cm³/mol. The van der Waals surface area contributed by atoms with Gasteiger partial charge in [-0.3, -0.25) is 0 Å². The van der Waals surface area contributed by atoms with E-state index in [0.717, 1.165) is 76.7 Å². The van der Waals surface area contributed by atoms with Gasteiger partial charge in [-0.1, -0.05) is 164 Å². The summed E-state index contributed by atoms with van der Waals surface area (Å²) in [6.45, 7) is 0. The third-order valence-corrected chi connectivity index (χ3v) is 11.7. The highest BCUT2D eigenvalue weighted by Crippen LogP contribution is 2.42. The first-order valence-electron chi connectivity index (χ1n) is 19.9. The largest absolute Gasteiger partial charge is 0.455 e. The lowest BCUT2D eigenvalue weighted by Gasteiger charge is -2.13. The molecule has 0 spiro atoms. The van der Waals surface area contributed by atoms with E-state index in [9.17, 15) is 0 Å². The summed E-state index contributed by atoms with van der Waals surface area (Å²) in [5.74, 6) is 1.90. The van der Waals surface area contributed by atoms with Gasteiger partial charge in [-0.05, 0) is 96.4 Å². The molecule has 0 unspecified atom stereocenters. The predicted octanol–water partition coefficient (Wildman–Crippen LogP) is 14.7. The first kappa shape index (κ1) is 33.2. The van der Waals surface area contributed by atoms with E-state index in [1.807, 2.05) is 0 Å². The van der Waals surface area contributed by atoms with Crippen molar-refractivity contribution in [1.29, 1.82) is 0 Å². The monoisotopic (exact) mass is 751 g/mol. The summed E-state index contributed by atoms with van der Waals surface area (Å²) in [6.07, 6.45) is 0. The van der Waals surface area contributed by atoms with Crippen LogP contribution in [0.2, 0.25) is 0 Å². The van der Waals surface area contributed by atoms with Crippen LogP contribution in [-0.2, 0) is 0 Å². The van der Waals surface area contributed by atoms with E-state index in [1.165, 1.54) is 27.3 Å². The van der Waals surface area contributed by atoms with Crippen LogP contribution in [0.5, 0.6) is 0 Å². The van der Waals surface area contributed by atoms with Gasteiger partial charge >= 0.3 is 0 Å². The van der Waals surface area contributed by atoms with Crippen LogP contribution in [0.3, 0.4) is 0 Å². The van der Waals surface area contributed by atoms with Crippen molar-refractivity contribution in [3.63, 3.8) is 0 Å². The number of nitrogens with zero attached hydrogens (tertiary/aromatic N) is 3. The molecule has 4 heteroatoms. The molecule has 2 heterocycles. The van der Waals surface area contributed by atoms with E-state index in [4.69, 9.17) is 19.4 Å². The van der Waals surface area contributed by atoms with Crippen LogP contribution in [0.1, 0.15) is 0 Å². The second-order valence-electron chi connectivity index (χ2n) is 15.2. The van der Waals surface area contributed by atoms with E-state index in [-0.39, 0.29) is 0 Å². The molecule has 0 fully saturated rings. The molecule has 0 bridgehead atoms. The molecule has 0 saturated heterocycles. The molecule has 0 aliphatic rings. The minimum Gasteiger partial charge on any atom is -0.455 e. The van der Waals surface area contributed by atoms with Crippen molar-refractivity contribution >= 4 is 65.0 Å². The van der Waals surface area contributed by atoms with Gasteiger partial charge in [0.2, 0.25) is 0 Å². The zero-order valence-electron chi connectivity index (χ0n) is 31.8. The Labute approximate surface area is 339 Å². The third-order valence-electron chi connectivity index (χ3n) is 11.7. The molecule has 0 aliphatic heterocycles. The summed E-state index contributed by atoms with van der Waals surface area (Å²) in [6, 6.07) is 70.6. The maximum Gasteiger partial charge on any atom is 0.164 e. The molecule has 0 N–H and O–H groups in total. The molecule has 274 valence electrons. The van der Waals surface area contributed by atoms with Gasteiger partial charge in [-0.2, -0.15) is 0 Å². The normalized spacial score (nSPS) is 11.7. The second-order valence-corrected chi connectivity index (χ2v) is 15.2. The Morgan fingerprint density at radius 1 is 0.271 bits per heavy atom. The molecule has 59 heavy (non-hydrogen) atoms. The molecule has 0 radical (unpaired) electrons. The van der Waals surface area contributed by atoms with Gasteiger partial charge in [0.15, 0.2) is 17.5 Å². The van der Waals surface area contributed by atoms with E-state index in [0.29, 0.717) is 17.5 Å². The minimum atomic E-state index is 0.630. The fraction of sp³-hybridized carbons (Fsp3) is 0. The third kappa shape index (κ3) is 5.57. The smallest absolute Gasteiger partial charge is 0.164 e. The lowest BCUT2D eigenvalue weighted by Crippen LogP contribution is -2.01. The quantitative estimate of drug-likeness (QED) is 0.176. The van der Waals surface area contributed by atoms with Crippen molar-refractivity contribution in [1.82, 2.24) is 15.0 Å². The highest BCUT2D eigenvalue weighted by Gasteiger charge is 2.19. The van der Waals surface area contributed by atoms with Crippen molar-refractivity contribution in [3.8, 4) is 56.4 Å². The number of benzene rings is 10. The second kappa shape index (κ2) is 13.3. The minimum absolute atomic E-state index is 0.630. The Kier molecular flexibility index (Phi) is 7.50. The molecule has 0 amide bonds. The molecule has 12 aromatic rings. The van der Waals surface area contributed by atoms with Crippen LogP contribution in [0.15, 0.2) is 205 Å². The molecule has 2 aromatic heterocycles. The molecule has 4 nitrogen and oxygen atoms in total. The molecule has 0 atom stereocenters. The maximum atomic E-state index is 6.63. The lowest BCUT2D eigenvalue weighted by molar-refractivity contribution is 0.673. The topological polar surface area (TPSA) is 51.8 Å². The lowest BCUT2D eigenvalue weighted by atomic mass is 9.93. The van der Waals surface area contributed by atoms with Gasteiger partial charge in [-0.15, -0.1) is 0 Å². The van der Waals surface area contributed by atoms with Crippen LogP contribution in [0.4, 0.5) is 0 Å². The van der Waals surface area contributed by atoms with E-state index >= 15 is 0 Å². The van der Waals surface area contributed by atoms with E-state index in [1.54, 1.807) is 0 Å². The summed E-state index contributed by atoms with van der Waals surface area (Å²) >= 11 is 0. The average molecular weight is 752 g/mol. The number of rotatable bonds is 5. The Morgan fingerprint density at radius 2 is 0.780 bits per heavy atom. The summed E-state index contributed by atoms with van der Waals surface area (Å²) in [7, 11) is 0. The summed E-state index contributed by atoms with van der Waals surface area (Å²) < 4.78 is 6.63. The highest BCUT2D eigenvalue weighted by atomic mass is 16.3. The van der Waals surface area contributed by atoms with Gasteiger partial charge in [0, 0.05) is 32.8 Å². The van der Waals surface area contributed by atoms with Crippen LogP contribution in [0.25, 0.3) is 121 Å². The fourth-order valence-electron chi connectivity index (χ4n) is 8.78. The fourth-order valence-corrected chi connectivity index (χ4v) is 8.78. The van der Waals surface area contributed by atoms with Crippen LogP contribution >= 0.6 is 0 Å². The Bertz CT molecular complexity index is 3530. The van der Waals surface area contributed by atoms with Gasteiger partial charge in [-0.25, -0.2) is 15.0 Å².